The van der Waals surface area contributed by atoms with Crippen molar-refractivity contribution in [2.75, 3.05) is 7.11 Å². The molecule has 0 amide bonds. The van der Waals surface area contributed by atoms with Crippen molar-refractivity contribution in [1.29, 1.82) is 0 Å². The number of benzene rings is 1. The van der Waals surface area contributed by atoms with Gasteiger partial charge in [0.2, 0.25) is 0 Å². The molecule has 1 atom stereocenters. The molecule has 0 aliphatic rings. The van der Waals surface area contributed by atoms with Crippen LogP contribution in [0.3, 0.4) is 0 Å². The molecule has 0 fully saturated rings. The van der Waals surface area contributed by atoms with Crippen LogP contribution in [0.4, 0.5) is 0 Å². The molecule has 96 valence electrons. The molecule has 0 spiro atoms. The van der Waals surface area contributed by atoms with Gasteiger partial charge in [0.05, 0.1) is 18.2 Å². The highest BCUT2D eigenvalue weighted by molar-refractivity contribution is 7.10. The molecule has 1 unspecified atom stereocenters. The van der Waals surface area contributed by atoms with Crippen molar-refractivity contribution in [3.05, 3.63) is 51.2 Å². The topological polar surface area (TPSA) is 29.5 Å². The molecule has 2 rings (SSSR count). The van der Waals surface area contributed by atoms with Gasteiger partial charge in [0.15, 0.2) is 0 Å². The summed E-state index contributed by atoms with van der Waals surface area (Å²) < 4.78 is 5.10. The lowest BCUT2D eigenvalue weighted by Gasteiger charge is -2.08. The number of aliphatic hydroxyl groups excluding tert-OH is 1. The highest BCUT2D eigenvalue weighted by Gasteiger charge is 2.10. The fourth-order valence-electron chi connectivity index (χ4n) is 1.74. The van der Waals surface area contributed by atoms with Gasteiger partial charge in [0.25, 0.3) is 0 Å². The van der Waals surface area contributed by atoms with Crippen LogP contribution in [0.25, 0.3) is 0 Å². The summed E-state index contributed by atoms with van der Waals surface area (Å²) in [4.78, 5) is 0.925. The van der Waals surface area contributed by atoms with E-state index in [2.05, 4.69) is 0 Å². The minimum Gasteiger partial charge on any atom is -0.497 e. The molecule has 0 bridgehead atoms. The molecule has 2 nitrogen and oxygen atoms in total. The Morgan fingerprint density at radius 1 is 1.33 bits per heavy atom. The van der Waals surface area contributed by atoms with Crippen molar-refractivity contribution >= 4 is 22.9 Å². The number of hydrogen-bond donors (Lipinski definition) is 1. The van der Waals surface area contributed by atoms with Gasteiger partial charge in [-0.1, -0.05) is 23.7 Å². The van der Waals surface area contributed by atoms with Crippen molar-refractivity contribution < 1.29 is 9.84 Å². The number of aliphatic hydroxyl groups is 1. The third-order valence-corrected chi connectivity index (χ3v) is 4.16. The lowest BCUT2D eigenvalue weighted by Crippen LogP contribution is -1.97. The van der Waals surface area contributed by atoms with Gasteiger partial charge in [-0.3, -0.25) is 0 Å². The second-order valence-corrected chi connectivity index (χ2v) is 5.45. The van der Waals surface area contributed by atoms with E-state index in [-0.39, 0.29) is 0 Å². The SMILES string of the molecule is COc1ccc(CCC(O)c2cc(Cl)cs2)cc1. The second kappa shape index (κ2) is 6.23. The largest absolute Gasteiger partial charge is 0.497 e. The second-order valence-electron chi connectivity index (χ2n) is 4.07. The molecule has 1 N–H and O–H groups in total. The molecular weight excluding hydrogens is 268 g/mol. The van der Waals surface area contributed by atoms with Crippen LogP contribution in [0.1, 0.15) is 23.0 Å². The molecule has 2 aromatic rings. The first-order valence-electron chi connectivity index (χ1n) is 5.74. The summed E-state index contributed by atoms with van der Waals surface area (Å²) in [6, 6.07) is 9.73. The molecule has 0 aliphatic heterocycles. The van der Waals surface area contributed by atoms with Gasteiger partial charge in [-0.15, -0.1) is 11.3 Å². The van der Waals surface area contributed by atoms with Gasteiger partial charge >= 0.3 is 0 Å². The van der Waals surface area contributed by atoms with Crippen molar-refractivity contribution in [3.8, 4) is 5.75 Å². The average molecular weight is 283 g/mol. The molecule has 0 saturated carbocycles. The summed E-state index contributed by atoms with van der Waals surface area (Å²) in [5, 5.41) is 12.6. The highest BCUT2D eigenvalue weighted by Crippen LogP contribution is 2.28. The molecule has 0 saturated heterocycles. The van der Waals surface area contributed by atoms with E-state index in [0.717, 1.165) is 17.0 Å². The van der Waals surface area contributed by atoms with Gasteiger partial charge in [-0.25, -0.2) is 0 Å². The maximum Gasteiger partial charge on any atom is 0.118 e. The summed E-state index contributed by atoms with van der Waals surface area (Å²) in [5.41, 5.74) is 1.19. The van der Waals surface area contributed by atoms with E-state index in [4.69, 9.17) is 16.3 Å². The molecule has 1 aromatic heterocycles. The van der Waals surface area contributed by atoms with E-state index in [1.165, 1.54) is 16.9 Å². The van der Waals surface area contributed by atoms with Crippen molar-refractivity contribution in [3.63, 3.8) is 0 Å². The van der Waals surface area contributed by atoms with E-state index in [0.29, 0.717) is 11.4 Å². The van der Waals surface area contributed by atoms with Gasteiger partial charge < -0.3 is 9.84 Å². The number of halogens is 1. The maximum absolute atomic E-state index is 10.0. The van der Waals surface area contributed by atoms with Gasteiger partial charge in [-0.05, 0) is 36.6 Å². The Labute approximate surface area is 116 Å². The Kier molecular flexibility index (Phi) is 4.64. The fraction of sp³-hybridized carbons (Fsp3) is 0.286. The summed E-state index contributed by atoms with van der Waals surface area (Å²) in [6.45, 7) is 0. The lowest BCUT2D eigenvalue weighted by molar-refractivity contribution is 0.171. The van der Waals surface area contributed by atoms with Crippen LogP contribution < -0.4 is 4.74 Å². The van der Waals surface area contributed by atoms with Gasteiger partial charge in [0.1, 0.15) is 5.75 Å². The van der Waals surface area contributed by atoms with Crippen molar-refractivity contribution in [1.82, 2.24) is 0 Å². The van der Waals surface area contributed by atoms with E-state index < -0.39 is 6.10 Å². The molecular formula is C14H15ClO2S. The zero-order chi connectivity index (χ0) is 13.0. The number of hydrogen-bond acceptors (Lipinski definition) is 3. The van der Waals surface area contributed by atoms with Crippen LogP contribution in [0, 0.1) is 0 Å². The molecule has 4 heteroatoms. The lowest BCUT2D eigenvalue weighted by atomic mass is 10.1. The number of ether oxygens (including phenoxy) is 1. The van der Waals surface area contributed by atoms with Gasteiger partial charge in [0, 0.05) is 10.3 Å². The Morgan fingerprint density at radius 2 is 2.06 bits per heavy atom. The molecule has 1 aromatic carbocycles. The molecule has 1 heterocycles. The first-order valence-corrected chi connectivity index (χ1v) is 6.99. The summed E-state index contributed by atoms with van der Waals surface area (Å²) in [6.07, 6.45) is 1.09. The fourth-order valence-corrected chi connectivity index (χ4v) is 2.84. The Morgan fingerprint density at radius 3 is 2.61 bits per heavy atom. The highest BCUT2D eigenvalue weighted by atomic mass is 35.5. The average Bonchev–Trinajstić information content (AvgIpc) is 2.83. The van der Waals surface area contributed by atoms with E-state index in [1.807, 2.05) is 35.7 Å². The van der Waals surface area contributed by atoms with E-state index >= 15 is 0 Å². The quantitative estimate of drug-likeness (QED) is 0.895. The van der Waals surface area contributed by atoms with Crippen LogP contribution in [-0.2, 0) is 6.42 Å². The molecule has 18 heavy (non-hydrogen) atoms. The monoisotopic (exact) mass is 282 g/mol. The van der Waals surface area contributed by atoms with Crippen LogP contribution in [0.5, 0.6) is 5.75 Å². The van der Waals surface area contributed by atoms with Gasteiger partial charge in [-0.2, -0.15) is 0 Å². The van der Waals surface area contributed by atoms with Crippen molar-refractivity contribution in [2.45, 2.75) is 18.9 Å². The first-order chi connectivity index (χ1) is 8.69. The number of methoxy groups -OCH3 is 1. The van der Waals surface area contributed by atoms with Crippen molar-refractivity contribution in [2.24, 2.45) is 0 Å². The Bertz CT molecular complexity index is 493. The van der Waals surface area contributed by atoms with E-state index in [9.17, 15) is 5.11 Å². The minimum atomic E-state index is -0.440. The number of aryl methyl sites for hydroxylation is 1. The van der Waals surface area contributed by atoms with Crippen LogP contribution >= 0.6 is 22.9 Å². The number of rotatable bonds is 5. The summed E-state index contributed by atoms with van der Waals surface area (Å²) >= 11 is 7.34. The Hall–Kier alpha value is -1.03. The normalized spacial score (nSPS) is 12.4. The Balaban J connectivity index is 1.90. The van der Waals surface area contributed by atoms with Crippen LogP contribution in [0.2, 0.25) is 5.02 Å². The predicted molar refractivity (Wildman–Crippen MR) is 75.6 cm³/mol. The maximum atomic E-state index is 10.0. The van der Waals surface area contributed by atoms with E-state index in [1.54, 1.807) is 7.11 Å². The zero-order valence-corrected chi connectivity index (χ0v) is 11.7. The third kappa shape index (κ3) is 3.48. The van der Waals surface area contributed by atoms with Crippen LogP contribution in [-0.4, -0.2) is 12.2 Å². The third-order valence-electron chi connectivity index (χ3n) is 2.78. The smallest absolute Gasteiger partial charge is 0.118 e. The molecule has 0 aliphatic carbocycles. The minimum absolute atomic E-state index is 0.440. The summed E-state index contributed by atoms with van der Waals surface area (Å²) in [5.74, 6) is 0.851. The molecule has 0 radical (unpaired) electrons. The van der Waals surface area contributed by atoms with Crippen LogP contribution in [0.15, 0.2) is 35.7 Å². The first kappa shape index (κ1) is 13.4. The predicted octanol–water partition coefficient (Wildman–Crippen LogP) is 4.08. The zero-order valence-electron chi connectivity index (χ0n) is 10.1. The standard InChI is InChI=1S/C14H15ClO2S/c1-17-12-5-2-10(3-6-12)4-7-13(16)14-8-11(15)9-18-14/h2-3,5-6,8-9,13,16H,4,7H2,1H3. The summed E-state index contributed by atoms with van der Waals surface area (Å²) in [7, 11) is 1.65. The number of thiophene rings is 1.